The summed E-state index contributed by atoms with van der Waals surface area (Å²) in [7, 11) is 0. The van der Waals surface area contributed by atoms with Gasteiger partial charge < -0.3 is 4.74 Å². The first kappa shape index (κ1) is 12.1. The summed E-state index contributed by atoms with van der Waals surface area (Å²) >= 11 is 0. The standard InChI is InChI=1S/C14H22O/c1-4-7-13-8-9-14(15-10-5-2)11-12(13)6-3/h4,7,11H,5-6,8-10H2,1-3H3/b7-4-. The lowest BCUT2D eigenvalue weighted by Crippen LogP contribution is -2.02. The molecule has 0 unspecified atom stereocenters. The summed E-state index contributed by atoms with van der Waals surface area (Å²) in [4.78, 5) is 0. The van der Waals surface area contributed by atoms with Crippen LogP contribution in [0.25, 0.3) is 0 Å². The Hall–Kier alpha value is -0.980. The number of allylic oxidation sites excluding steroid dienone is 6. The molecule has 0 heterocycles. The maximum absolute atomic E-state index is 5.69. The maximum Gasteiger partial charge on any atom is 0.0965 e. The molecule has 0 atom stereocenters. The van der Waals surface area contributed by atoms with Crippen LogP contribution < -0.4 is 0 Å². The topological polar surface area (TPSA) is 9.23 Å². The molecule has 0 radical (unpaired) electrons. The van der Waals surface area contributed by atoms with Crippen molar-refractivity contribution in [1.29, 1.82) is 0 Å². The summed E-state index contributed by atoms with van der Waals surface area (Å²) in [5, 5.41) is 0. The van der Waals surface area contributed by atoms with Gasteiger partial charge in [-0.2, -0.15) is 0 Å². The molecule has 1 rings (SSSR count). The predicted molar refractivity (Wildman–Crippen MR) is 65.7 cm³/mol. The van der Waals surface area contributed by atoms with Gasteiger partial charge in [0.15, 0.2) is 0 Å². The molecule has 0 fully saturated rings. The third kappa shape index (κ3) is 3.58. The molecular weight excluding hydrogens is 184 g/mol. The zero-order chi connectivity index (χ0) is 11.1. The second-order valence-corrected chi connectivity index (χ2v) is 3.86. The van der Waals surface area contributed by atoms with Crippen molar-refractivity contribution in [3.63, 3.8) is 0 Å². The monoisotopic (exact) mass is 206 g/mol. The normalized spacial score (nSPS) is 17.1. The molecule has 84 valence electrons. The van der Waals surface area contributed by atoms with E-state index in [1.807, 2.05) is 0 Å². The molecule has 0 aromatic heterocycles. The SMILES string of the molecule is C/C=C\C1=C(CC)C=C(OCCC)CC1. The minimum Gasteiger partial charge on any atom is -0.498 e. The van der Waals surface area contributed by atoms with Crippen molar-refractivity contribution in [3.8, 4) is 0 Å². The molecule has 0 amide bonds. The van der Waals surface area contributed by atoms with Crippen LogP contribution in [0.3, 0.4) is 0 Å². The Bertz CT molecular complexity index is 282. The Labute approximate surface area is 93.5 Å². The van der Waals surface area contributed by atoms with Crippen LogP contribution in [-0.2, 0) is 4.74 Å². The van der Waals surface area contributed by atoms with E-state index >= 15 is 0 Å². The quantitative estimate of drug-likeness (QED) is 0.649. The van der Waals surface area contributed by atoms with Crippen molar-refractivity contribution in [2.75, 3.05) is 6.61 Å². The number of ether oxygens (including phenoxy) is 1. The van der Waals surface area contributed by atoms with Gasteiger partial charge >= 0.3 is 0 Å². The van der Waals surface area contributed by atoms with Gasteiger partial charge in [-0.05, 0) is 43.4 Å². The van der Waals surface area contributed by atoms with Gasteiger partial charge in [-0.15, -0.1) is 0 Å². The fraction of sp³-hybridized carbons (Fsp3) is 0.571. The molecule has 0 spiro atoms. The molecule has 1 heteroatoms. The largest absolute Gasteiger partial charge is 0.498 e. The lowest BCUT2D eigenvalue weighted by atomic mass is 9.94. The van der Waals surface area contributed by atoms with Gasteiger partial charge in [0.05, 0.1) is 12.4 Å². The van der Waals surface area contributed by atoms with E-state index in [1.54, 1.807) is 0 Å². The minimum atomic E-state index is 0.849. The summed E-state index contributed by atoms with van der Waals surface area (Å²) in [6, 6.07) is 0. The van der Waals surface area contributed by atoms with Crippen molar-refractivity contribution in [1.82, 2.24) is 0 Å². The Morgan fingerprint density at radius 2 is 2.13 bits per heavy atom. The second kappa shape index (κ2) is 6.49. The van der Waals surface area contributed by atoms with Crippen LogP contribution in [-0.4, -0.2) is 6.61 Å². The maximum atomic E-state index is 5.69. The smallest absolute Gasteiger partial charge is 0.0965 e. The van der Waals surface area contributed by atoms with E-state index in [9.17, 15) is 0 Å². The highest BCUT2D eigenvalue weighted by Crippen LogP contribution is 2.27. The summed E-state index contributed by atoms with van der Waals surface area (Å²) in [5.74, 6) is 1.17. The van der Waals surface area contributed by atoms with Gasteiger partial charge in [-0.3, -0.25) is 0 Å². The lowest BCUT2D eigenvalue weighted by molar-refractivity contribution is 0.201. The summed E-state index contributed by atoms with van der Waals surface area (Å²) in [6.07, 6.45) is 11.0. The third-order valence-corrected chi connectivity index (χ3v) is 2.63. The first-order chi connectivity index (χ1) is 7.31. The Morgan fingerprint density at radius 1 is 1.33 bits per heavy atom. The van der Waals surface area contributed by atoms with E-state index < -0.39 is 0 Å². The van der Waals surface area contributed by atoms with Crippen molar-refractivity contribution in [2.45, 2.75) is 46.5 Å². The van der Waals surface area contributed by atoms with E-state index in [2.05, 4.69) is 39.0 Å². The highest BCUT2D eigenvalue weighted by molar-refractivity contribution is 5.37. The van der Waals surface area contributed by atoms with Crippen LogP contribution in [0.5, 0.6) is 0 Å². The summed E-state index contributed by atoms with van der Waals surface area (Å²) in [6.45, 7) is 7.28. The lowest BCUT2D eigenvalue weighted by Gasteiger charge is -2.18. The van der Waals surface area contributed by atoms with E-state index in [-0.39, 0.29) is 0 Å². The van der Waals surface area contributed by atoms with Gasteiger partial charge in [0.1, 0.15) is 0 Å². The molecule has 0 aromatic rings. The first-order valence-corrected chi connectivity index (χ1v) is 5.99. The molecule has 0 N–H and O–H groups in total. The van der Waals surface area contributed by atoms with Crippen LogP contribution in [0.1, 0.15) is 46.5 Å². The first-order valence-electron chi connectivity index (χ1n) is 5.99. The van der Waals surface area contributed by atoms with Gasteiger partial charge in [0.25, 0.3) is 0 Å². The Balaban J connectivity index is 2.73. The molecule has 0 aromatic carbocycles. The Morgan fingerprint density at radius 3 is 2.73 bits per heavy atom. The molecule has 15 heavy (non-hydrogen) atoms. The molecule has 0 saturated heterocycles. The molecule has 0 bridgehead atoms. The van der Waals surface area contributed by atoms with Gasteiger partial charge in [-0.25, -0.2) is 0 Å². The zero-order valence-electron chi connectivity index (χ0n) is 10.2. The molecule has 1 nitrogen and oxygen atoms in total. The van der Waals surface area contributed by atoms with Crippen molar-refractivity contribution in [2.24, 2.45) is 0 Å². The fourth-order valence-corrected chi connectivity index (χ4v) is 1.85. The number of hydrogen-bond donors (Lipinski definition) is 0. The highest BCUT2D eigenvalue weighted by Gasteiger charge is 2.10. The fourth-order valence-electron chi connectivity index (χ4n) is 1.85. The molecular formula is C14H22O. The third-order valence-electron chi connectivity index (χ3n) is 2.63. The average molecular weight is 206 g/mol. The van der Waals surface area contributed by atoms with Crippen LogP contribution in [0.4, 0.5) is 0 Å². The summed E-state index contributed by atoms with van der Waals surface area (Å²) in [5.41, 5.74) is 2.91. The predicted octanol–water partition coefficient (Wildman–Crippen LogP) is 4.37. The second-order valence-electron chi connectivity index (χ2n) is 3.86. The van der Waals surface area contributed by atoms with Crippen LogP contribution in [0, 0.1) is 0 Å². The van der Waals surface area contributed by atoms with Gasteiger partial charge in [-0.1, -0.05) is 26.0 Å². The van der Waals surface area contributed by atoms with Crippen molar-refractivity contribution in [3.05, 3.63) is 35.1 Å². The molecule has 0 saturated carbocycles. The van der Waals surface area contributed by atoms with E-state index in [1.165, 1.54) is 16.9 Å². The highest BCUT2D eigenvalue weighted by atomic mass is 16.5. The molecule has 0 aliphatic heterocycles. The van der Waals surface area contributed by atoms with Crippen molar-refractivity contribution >= 4 is 0 Å². The van der Waals surface area contributed by atoms with Crippen LogP contribution in [0.2, 0.25) is 0 Å². The van der Waals surface area contributed by atoms with E-state index in [0.717, 1.165) is 32.3 Å². The number of hydrogen-bond acceptors (Lipinski definition) is 1. The van der Waals surface area contributed by atoms with E-state index in [4.69, 9.17) is 4.74 Å². The molecule has 1 aliphatic carbocycles. The van der Waals surface area contributed by atoms with Crippen LogP contribution >= 0.6 is 0 Å². The minimum absolute atomic E-state index is 0.849. The Kier molecular flexibility index (Phi) is 5.23. The van der Waals surface area contributed by atoms with Gasteiger partial charge in [0.2, 0.25) is 0 Å². The number of rotatable bonds is 5. The zero-order valence-corrected chi connectivity index (χ0v) is 10.2. The van der Waals surface area contributed by atoms with Crippen LogP contribution in [0.15, 0.2) is 35.1 Å². The van der Waals surface area contributed by atoms with Crippen molar-refractivity contribution < 1.29 is 4.74 Å². The molecule has 1 aliphatic rings. The van der Waals surface area contributed by atoms with E-state index in [0.29, 0.717) is 0 Å². The summed E-state index contributed by atoms with van der Waals surface area (Å²) < 4.78 is 5.69. The van der Waals surface area contributed by atoms with Gasteiger partial charge in [0, 0.05) is 6.42 Å². The average Bonchev–Trinajstić information content (AvgIpc) is 2.28.